The second kappa shape index (κ2) is 10.7. The Bertz CT molecular complexity index is 790. The standard InChI is InChI=1S/C16H18N4O6S/c1-26-14-4-3-11(20(24)25)7-13(14)18-9-10(8-17)15(21)19-12(16(22)23)5-6-27-2/h3-4,7,9,12,18H,5-6H2,1-2H3,(H,19,21)(H,22,23)/b10-9-. The van der Waals surface area contributed by atoms with Crippen LogP contribution in [-0.2, 0) is 9.59 Å². The SMILES string of the molecule is COc1ccc([N+](=O)[O-])cc1N/C=C(/C#N)C(=O)NC(CCSC)C(=O)O. The molecule has 11 heteroatoms. The van der Waals surface area contributed by atoms with Gasteiger partial charge in [0.25, 0.3) is 11.6 Å². The third-order valence-electron chi connectivity index (χ3n) is 3.35. The zero-order valence-corrected chi connectivity index (χ0v) is 15.4. The van der Waals surface area contributed by atoms with Crippen molar-refractivity contribution in [1.29, 1.82) is 5.26 Å². The molecule has 0 aliphatic carbocycles. The summed E-state index contributed by atoms with van der Waals surface area (Å²) in [6.07, 6.45) is 3.04. The van der Waals surface area contributed by atoms with Gasteiger partial charge in [0.1, 0.15) is 23.4 Å². The van der Waals surface area contributed by atoms with Gasteiger partial charge in [0.2, 0.25) is 0 Å². The van der Waals surface area contributed by atoms with Crippen LogP contribution in [0.3, 0.4) is 0 Å². The van der Waals surface area contributed by atoms with Crippen molar-refractivity contribution in [1.82, 2.24) is 5.32 Å². The second-order valence-corrected chi connectivity index (χ2v) is 6.09. The van der Waals surface area contributed by atoms with Crippen LogP contribution in [0.5, 0.6) is 5.75 Å². The fourth-order valence-corrected chi connectivity index (χ4v) is 2.42. The fourth-order valence-electron chi connectivity index (χ4n) is 1.95. The monoisotopic (exact) mass is 394 g/mol. The molecule has 1 unspecified atom stereocenters. The van der Waals surface area contributed by atoms with Gasteiger partial charge in [0, 0.05) is 18.3 Å². The molecule has 1 atom stereocenters. The van der Waals surface area contributed by atoms with Crippen LogP contribution in [-0.4, -0.2) is 47.1 Å². The van der Waals surface area contributed by atoms with Crippen molar-refractivity contribution < 1.29 is 24.4 Å². The summed E-state index contributed by atoms with van der Waals surface area (Å²) in [6, 6.07) is 4.32. The fraction of sp³-hybridized carbons (Fsp3) is 0.312. The highest BCUT2D eigenvalue weighted by atomic mass is 32.2. The second-order valence-electron chi connectivity index (χ2n) is 5.10. The number of carboxylic acids is 1. The number of carboxylic acid groups (broad SMARTS) is 1. The summed E-state index contributed by atoms with van der Waals surface area (Å²) in [5.74, 6) is -1.30. The Morgan fingerprint density at radius 1 is 1.52 bits per heavy atom. The molecule has 27 heavy (non-hydrogen) atoms. The van der Waals surface area contributed by atoms with E-state index < -0.39 is 22.8 Å². The number of amides is 1. The Balaban J connectivity index is 2.98. The minimum Gasteiger partial charge on any atom is -0.495 e. The van der Waals surface area contributed by atoms with Gasteiger partial charge in [-0.05, 0) is 24.5 Å². The molecule has 0 aliphatic rings. The number of nitrogens with one attached hydrogen (secondary N) is 2. The van der Waals surface area contributed by atoms with E-state index in [2.05, 4.69) is 10.6 Å². The molecule has 1 amide bonds. The molecule has 0 saturated carbocycles. The topological polar surface area (TPSA) is 155 Å². The van der Waals surface area contributed by atoms with E-state index in [-0.39, 0.29) is 29.1 Å². The van der Waals surface area contributed by atoms with Crippen LogP contribution in [0.4, 0.5) is 11.4 Å². The number of nitriles is 1. The molecule has 1 aromatic carbocycles. The predicted octanol–water partition coefficient (Wildman–Crippen LogP) is 1.75. The number of hydrogen-bond donors (Lipinski definition) is 3. The molecule has 1 rings (SSSR count). The molecule has 10 nitrogen and oxygen atoms in total. The lowest BCUT2D eigenvalue weighted by Gasteiger charge is -2.13. The van der Waals surface area contributed by atoms with Gasteiger partial charge in [-0.1, -0.05) is 0 Å². The van der Waals surface area contributed by atoms with E-state index in [0.29, 0.717) is 5.75 Å². The maximum Gasteiger partial charge on any atom is 0.326 e. The van der Waals surface area contributed by atoms with E-state index in [1.54, 1.807) is 12.3 Å². The van der Waals surface area contributed by atoms with Gasteiger partial charge in [-0.25, -0.2) is 4.79 Å². The first-order valence-corrected chi connectivity index (χ1v) is 8.95. The first kappa shape index (κ1) is 21.8. The first-order chi connectivity index (χ1) is 12.8. The molecule has 0 bridgehead atoms. The smallest absolute Gasteiger partial charge is 0.326 e. The number of benzene rings is 1. The van der Waals surface area contributed by atoms with E-state index >= 15 is 0 Å². The van der Waals surface area contributed by atoms with Gasteiger partial charge in [-0.15, -0.1) is 0 Å². The number of nitrogens with zero attached hydrogens (tertiary/aromatic N) is 2. The zero-order chi connectivity index (χ0) is 20.4. The van der Waals surface area contributed by atoms with Gasteiger partial charge in [-0.3, -0.25) is 14.9 Å². The average Bonchev–Trinajstić information content (AvgIpc) is 2.64. The van der Waals surface area contributed by atoms with E-state index in [1.807, 2.05) is 0 Å². The lowest BCUT2D eigenvalue weighted by molar-refractivity contribution is -0.384. The van der Waals surface area contributed by atoms with Crippen LogP contribution < -0.4 is 15.4 Å². The van der Waals surface area contributed by atoms with Crippen LogP contribution in [0.15, 0.2) is 30.0 Å². The number of non-ortho nitro benzene ring substituents is 1. The number of methoxy groups -OCH3 is 1. The number of nitro benzene ring substituents is 1. The molecule has 0 aliphatic heterocycles. The minimum absolute atomic E-state index is 0.171. The minimum atomic E-state index is -1.21. The summed E-state index contributed by atoms with van der Waals surface area (Å²) in [4.78, 5) is 33.6. The number of anilines is 1. The van der Waals surface area contributed by atoms with E-state index in [0.717, 1.165) is 6.20 Å². The Morgan fingerprint density at radius 3 is 2.74 bits per heavy atom. The van der Waals surface area contributed by atoms with E-state index in [4.69, 9.17) is 15.1 Å². The molecule has 144 valence electrons. The number of thioether (sulfide) groups is 1. The van der Waals surface area contributed by atoms with Crippen molar-refractivity contribution in [3.63, 3.8) is 0 Å². The van der Waals surface area contributed by atoms with Crippen molar-refractivity contribution in [2.24, 2.45) is 0 Å². The Hall–Kier alpha value is -3.26. The molecule has 0 heterocycles. The Kier molecular flexibility index (Phi) is 8.61. The van der Waals surface area contributed by atoms with Gasteiger partial charge in [-0.2, -0.15) is 17.0 Å². The average molecular weight is 394 g/mol. The summed E-state index contributed by atoms with van der Waals surface area (Å²) in [6.45, 7) is 0. The number of aliphatic carboxylic acids is 1. The largest absolute Gasteiger partial charge is 0.495 e. The molecule has 0 spiro atoms. The molecule has 1 aromatic rings. The molecule has 3 N–H and O–H groups in total. The predicted molar refractivity (Wildman–Crippen MR) is 99.5 cm³/mol. The third-order valence-corrected chi connectivity index (χ3v) is 3.99. The number of ether oxygens (including phenoxy) is 1. The molecular formula is C16H18N4O6S. The van der Waals surface area contributed by atoms with Crippen LogP contribution in [0.25, 0.3) is 0 Å². The van der Waals surface area contributed by atoms with Gasteiger partial charge < -0.3 is 20.5 Å². The van der Waals surface area contributed by atoms with E-state index in [9.17, 15) is 19.7 Å². The van der Waals surface area contributed by atoms with Crippen molar-refractivity contribution in [3.05, 3.63) is 40.1 Å². The summed E-state index contributed by atoms with van der Waals surface area (Å²) in [7, 11) is 1.36. The molecular weight excluding hydrogens is 376 g/mol. The van der Waals surface area contributed by atoms with Crippen LogP contribution in [0.1, 0.15) is 6.42 Å². The van der Waals surface area contributed by atoms with Crippen LogP contribution in [0.2, 0.25) is 0 Å². The number of rotatable bonds is 10. The van der Waals surface area contributed by atoms with Gasteiger partial charge in [0.15, 0.2) is 0 Å². The normalized spacial score (nSPS) is 11.8. The molecule has 0 fully saturated rings. The van der Waals surface area contributed by atoms with Crippen molar-refractivity contribution >= 4 is 35.0 Å². The highest BCUT2D eigenvalue weighted by Crippen LogP contribution is 2.29. The van der Waals surface area contributed by atoms with Crippen molar-refractivity contribution in [2.75, 3.05) is 24.4 Å². The quantitative estimate of drug-likeness (QED) is 0.233. The lowest BCUT2D eigenvalue weighted by Crippen LogP contribution is -2.41. The number of hydrogen-bond acceptors (Lipinski definition) is 8. The molecule has 0 saturated heterocycles. The molecule has 0 aromatic heterocycles. The van der Waals surface area contributed by atoms with Crippen LogP contribution in [0, 0.1) is 21.4 Å². The van der Waals surface area contributed by atoms with Gasteiger partial charge in [0.05, 0.1) is 17.7 Å². The van der Waals surface area contributed by atoms with Crippen molar-refractivity contribution in [2.45, 2.75) is 12.5 Å². The third kappa shape index (κ3) is 6.52. The Morgan fingerprint density at radius 2 is 2.22 bits per heavy atom. The number of carbonyl (C=O) groups excluding carboxylic acids is 1. The zero-order valence-electron chi connectivity index (χ0n) is 14.6. The maximum atomic E-state index is 12.2. The Labute approximate surface area is 159 Å². The highest BCUT2D eigenvalue weighted by Gasteiger charge is 2.21. The molecule has 0 radical (unpaired) electrons. The van der Waals surface area contributed by atoms with Crippen molar-refractivity contribution in [3.8, 4) is 11.8 Å². The van der Waals surface area contributed by atoms with E-state index in [1.165, 1.54) is 37.1 Å². The number of nitro groups is 1. The van der Waals surface area contributed by atoms with Gasteiger partial charge >= 0.3 is 5.97 Å². The number of carbonyl (C=O) groups is 2. The summed E-state index contributed by atoms with van der Waals surface area (Å²) in [5, 5.41) is 34.1. The highest BCUT2D eigenvalue weighted by molar-refractivity contribution is 7.98. The lowest BCUT2D eigenvalue weighted by atomic mass is 10.2. The first-order valence-electron chi connectivity index (χ1n) is 7.55. The summed E-state index contributed by atoms with van der Waals surface area (Å²) < 4.78 is 5.07. The summed E-state index contributed by atoms with van der Waals surface area (Å²) in [5.41, 5.74) is -0.430. The summed E-state index contributed by atoms with van der Waals surface area (Å²) >= 11 is 1.43. The van der Waals surface area contributed by atoms with Crippen LogP contribution >= 0.6 is 11.8 Å². The maximum absolute atomic E-state index is 12.2.